The Kier molecular flexibility index (Phi) is 15.0. The molecule has 1 rings (SSSR count). The molecule has 1 unspecified atom stereocenters. The van der Waals surface area contributed by atoms with Crippen LogP contribution in [0.25, 0.3) is 0 Å². The van der Waals surface area contributed by atoms with Gasteiger partial charge in [0.05, 0.1) is 6.42 Å². The summed E-state index contributed by atoms with van der Waals surface area (Å²) < 4.78 is 0. The normalized spacial score (nSPS) is 14.0. The maximum absolute atomic E-state index is 12.4. The molecule has 2 N–H and O–H groups in total. The standard InChI is InChI=1S/C35H62O3/c1-9-11-13-15-17-18-20-22-24-35(27-31(36)37,23-21-19-16-14-12-10-2)28-25-29(33(3,4)5)32(38)30(26-28)34(6,7)8/h25-26,38H,9-24,27H2,1-8H3,(H,36,37). The third-order valence-corrected chi connectivity index (χ3v) is 8.35. The van der Waals surface area contributed by atoms with Crippen LogP contribution in [0.4, 0.5) is 0 Å². The first-order valence-corrected chi connectivity index (χ1v) is 15.9. The van der Waals surface area contributed by atoms with Gasteiger partial charge in [-0.1, -0.05) is 157 Å². The van der Waals surface area contributed by atoms with Crippen molar-refractivity contribution in [3.8, 4) is 5.75 Å². The molecular formula is C35H62O3. The Labute approximate surface area is 236 Å². The Morgan fingerprint density at radius 2 is 0.974 bits per heavy atom. The van der Waals surface area contributed by atoms with Gasteiger partial charge < -0.3 is 10.2 Å². The van der Waals surface area contributed by atoms with Crippen molar-refractivity contribution >= 4 is 5.97 Å². The number of carbonyl (C=O) groups is 1. The van der Waals surface area contributed by atoms with Crippen molar-refractivity contribution in [1.29, 1.82) is 0 Å². The summed E-state index contributed by atoms with van der Waals surface area (Å²) in [6, 6.07) is 4.32. The summed E-state index contributed by atoms with van der Waals surface area (Å²) in [5.74, 6) is -0.331. The molecule has 0 aliphatic carbocycles. The molecule has 0 saturated heterocycles. The van der Waals surface area contributed by atoms with Crippen LogP contribution in [-0.2, 0) is 21.0 Å². The zero-order valence-electron chi connectivity index (χ0n) is 26.5. The van der Waals surface area contributed by atoms with Crippen LogP contribution in [-0.4, -0.2) is 16.2 Å². The number of hydrogen-bond acceptors (Lipinski definition) is 2. The number of phenols is 1. The SMILES string of the molecule is CCCCCCCCCCC(CCCCCCCC)(CC(=O)O)c1cc(C(C)(C)C)c(O)c(C(C)(C)C)c1. The highest BCUT2D eigenvalue weighted by Crippen LogP contribution is 2.46. The smallest absolute Gasteiger partial charge is 0.304 e. The van der Waals surface area contributed by atoms with Crippen LogP contribution in [0, 0.1) is 0 Å². The average molecular weight is 531 g/mol. The molecule has 1 aromatic rings. The van der Waals surface area contributed by atoms with Gasteiger partial charge in [-0.05, 0) is 40.4 Å². The third-order valence-electron chi connectivity index (χ3n) is 8.35. The van der Waals surface area contributed by atoms with E-state index in [1.807, 2.05) is 0 Å². The predicted molar refractivity (Wildman–Crippen MR) is 165 cm³/mol. The maximum Gasteiger partial charge on any atom is 0.304 e. The quantitative estimate of drug-likeness (QED) is 0.175. The molecule has 1 aromatic carbocycles. The van der Waals surface area contributed by atoms with E-state index in [0.717, 1.165) is 48.8 Å². The fourth-order valence-corrected chi connectivity index (χ4v) is 5.91. The van der Waals surface area contributed by atoms with Gasteiger partial charge in [0.2, 0.25) is 0 Å². The lowest BCUT2D eigenvalue weighted by Crippen LogP contribution is -2.31. The van der Waals surface area contributed by atoms with E-state index in [4.69, 9.17) is 0 Å². The van der Waals surface area contributed by atoms with Crippen LogP contribution < -0.4 is 0 Å². The van der Waals surface area contributed by atoms with Crippen LogP contribution in [0.5, 0.6) is 5.75 Å². The molecule has 0 aliphatic rings. The molecule has 220 valence electrons. The molecule has 0 radical (unpaired) electrons. The van der Waals surface area contributed by atoms with Crippen LogP contribution in [0.2, 0.25) is 0 Å². The predicted octanol–water partition coefficient (Wildman–Crippen LogP) is 11.0. The second-order valence-electron chi connectivity index (χ2n) is 14.0. The highest BCUT2D eigenvalue weighted by atomic mass is 16.4. The van der Waals surface area contributed by atoms with Gasteiger partial charge >= 0.3 is 5.97 Å². The minimum Gasteiger partial charge on any atom is -0.507 e. The van der Waals surface area contributed by atoms with Crippen molar-refractivity contribution in [1.82, 2.24) is 0 Å². The second kappa shape index (κ2) is 16.6. The van der Waals surface area contributed by atoms with Crippen LogP contribution in [0.1, 0.15) is 181 Å². The van der Waals surface area contributed by atoms with E-state index in [1.165, 1.54) is 70.6 Å². The molecule has 0 fully saturated rings. The molecule has 3 heteroatoms. The minimum absolute atomic E-state index is 0.163. The molecule has 0 amide bonds. The first-order valence-electron chi connectivity index (χ1n) is 15.9. The summed E-state index contributed by atoms with van der Waals surface area (Å²) in [6.07, 6.45) is 19.2. The lowest BCUT2D eigenvalue weighted by molar-refractivity contribution is -0.138. The van der Waals surface area contributed by atoms with E-state index in [-0.39, 0.29) is 17.3 Å². The maximum atomic E-state index is 12.4. The van der Waals surface area contributed by atoms with Crippen molar-refractivity contribution in [2.45, 2.75) is 181 Å². The van der Waals surface area contributed by atoms with Gasteiger partial charge in [-0.2, -0.15) is 0 Å². The van der Waals surface area contributed by atoms with Gasteiger partial charge in [-0.25, -0.2) is 0 Å². The monoisotopic (exact) mass is 530 g/mol. The first-order chi connectivity index (χ1) is 17.8. The van der Waals surface area contributed by atoms with Crippen molar-refractivity contribution in [2.24, 2.45) is 0 Å². The largest absolute Gasteiger partial charge is 0.507 e. The highest BCUT2D eigenvalue weighted by molar-refractivity contribution is 5.69. The van der Waals surface area contributed by atoms with Gasteiger partial charge in [-0.3, -0.25) is 4.79 Å². The number of aromatic hydroxyl groups is 1. The van der Waals surface area contributed by atoms with Gasteiger partial charge in [0, 0.05) is 5.41 Å². The Morgan fingerprint density at radius 3 is 1.29 bits per heavy atom. The van der Waals surface area contributed by atoms with Crippen molar-refractivity contribution in [3.05, 3.63) is 28.8 Å². The lowest BCUT2D eigenvalue weighted by Gasteiger charge is -2.37. The Hall–Kier alpha value is -1.51. The van der Waals surface area contributed by atoms with E-state index in [9.17, 15) is 15.0 Å². The zero-order chi connectivity index (χ0) is 28.8. The van der Waals surface area contributed by atoms with Gasteiger partial charge in [0.25, 0.3) is 0 Å². The zero-order valence-corrected chi connectivity index (χ0v) is 26.5. The number of aliphatic carboxylic acids is 1. The number of benzene rings is 1. The minimum atomic E-state index is -0.710. The number of carboxylic acid groups (broad SMARTS) is 1. The summed E-state index contributed by atoms with van der Waals surface area (Å²) in [5, 5.41) is 21.5. The number of hydrogen-bond donors (Lipinski definition) is 2. The second-order valence-corrected chi connectivity index (χ2v) is 14.0. The molecule has 38 heavy (non-hydrogen) atoms. The van der Waals surface area contributed by atoms with Crippen LogP contribution in [0.15, 0.2) is 12.1 Å². The summed E-state index contributed by atoms with van der Waals surface area (Å²) in [7, 11) is 0. The molecule has 0 heterocycles. The van der Waals surface area contributed by atoms with E-state index >= 15 is 0 Å². The highest BCUT2D eigenvalue weighted by Gasteiger charge is 2.37. The molecule has 0 spiro atoms. The van der Waals surface area contributed by atoms with Crippen molar-refractivity contribution < 1.29 is 15.0 Å². The first kappa shape index (κ1) is 34.5. The van der Waals surface area contributed by atoms with E-state index < -0.39 is 11.4 Å². The molecule has 3 nitrogen and oxygen atoms in total. The average Bonchev–Trinajstić information content (AvgIpc) is 2.81. The Bertz CT molecular complexity index is 776. The van der Waals surface area contributed by atoms with Crippen LogP contribution in [0.3, 0.4) is 0 Å². The van der Waals surface area contributed by atoms with E-state index in [1.54, 1.807) is 0 Å². The number of phenolic OH excluding ortho intramolecular Hbond substituents is 1. The fourth-order valence-electron chi connectivity index (χ4n) is 5.91. The molecule has 0 aliphatic heterocycles. The van der Waals surface area contributed by atoms with E-state index in [2.05, 4.69) is 67.5 Å². The summed E-state index contributed by atoms with van der Waals surface area (Å²) >= 11 is 0. The van der Waals surface area contributed by atoms with Crippen LogP contribution >= 0.6 is 0 Å². The summed E-state index contributed by atoms with van der Waals surface area (Å²) in [4.78, 5) is 12.4. The van der Waals surface area contributed by atoms with Gasteiger partial charge in [0.1, 0.15) is 5.75 Å². The Morgan fingerprint density at radius 1 is 0.632 bits per heavy atom. The van der Waals surface area contributed by atoms with Gasteiger partial charge in [0.15, 0.2) is 0 Å². The summed E-state index contributed by atoms with van der Waals surface area (Å²) in [6.45, 7) is 17.4. The Balaban J connectivity index is 3.37. The molecular weight excluding hydrogens is 468 g/mol. The van der Waals surface area contributed by atoms with Crippen molar-refractivity contribution in [2.75, 3.05) is 0 Å². The number of unbranched alkanes of at least 4 members (excludes halogenated alkanes) is 12. The molecule has 0 aromatic heterocycles. The lowest BCUT2D eigenvalue weighted by atomic mass is 9.67. The molecule has 1 atom stereocenters. The number of rotatable bonds is 19. The van der Waals surface area contributed by atoms with E-state index in [0.29, 0.717) is 5.75 Å². The fraction of sp³-hybridized carbons (Fsp3) is 0.800. The number of carboxylic acids is 1. The molecule has 0 saturated carbocycles. The van der Waals surface area contributed by atoms with Crippen molar-refractivity contribution in [3.63, 3.8) is 0 Å². The topological polar surface area (TPSA) is 57.5 Å². The van der Waals surface area contributed by atoms with Gasteiger partial charge in [-0.15, -0.1) is 0 Å². The molecule has 0 bridgehead atoms. The summed E-state index contributed by atoms with van der Waals surface area (Å²) in [5.41, 5.74) is 2.15. The third kappa shape index (κ3) is 11.7.